The zero-order chi connectivity index (χ0) is 15.4. The van der Waals surface area contributed by atoms with Crippen molar-refractivity contribution in [1.29, 1.82) is 0 Å². The third kappa shape index (κ3) is 3.73. The van der Waals surface area contributed by atoms with E-state index in [-0.39, 0.29) is 17.6 Å². The molecule has 1 unspecified atom stereocenters. The molecule has 4 heteroatoms. The van der Waals surface area contributed by atoms with Crippen molar-refractivity contribution in [3.05, 3.63) is 59.4 Å². The third-order valence-electron chi connectivity index (χ3n) is 3.70. The van der Waals surface area contributed by atoms with Gasteiger partial charge in [-0.1, -0.05) is 18.2 Å². The van der Waals surface area contributed by atoms with Crippen molar-refractivity contribution in [2.24, 2.45) is 0 Å². The summed E-state index contributed by atoms with van der Waals surface area (Å²) in [6.45, 7) is 2.76. The fraction of sp³-hybridized carbons (Fsp3) is 0.294. The van der Waals surface area contributed by atoms with Crippen LogP contribution in [0, 0.1) is 5.82 Å². The molecule has 21 heavy (non-hydrogen) atoms. The Morgan fingerprint density at radius 3 is 2.62 bits per heavy atom. The van der Waals surface area contributed by atoms with Crippen molar-refractivity contribution in [3.8, 4) is 5.75 Å². The molecule has 0 aliphatic heterocycles. The maximum Gasteiger partial charge on any atom is 0.165 e. The summed E-state index contributed by atoms with van der Waals surface area (Å²) in [5.74, 6) is -0.0645. The second-order valence-corrected chi connectivity index (χ2v) is 5.23. The summed E-state index contributed by atoms with van der Waals surface area (Å²) in [7, 11) is 3.47. The van der Waals surface area contributed by atoms with Crippen LogP contribution in [0.25, 0.3) is 0 Å². The average Bonchev–Trinajstić information content (AvgIpc) is 2.46. The van der Waals surface area contributed by atoms with E-state index in [1.165, 1.54) is 13.2 Å². The number of benzene rings is 2. The zero-order valence-corrected chi connectivity index (χ0v) is 12.6. The van der Waals surface area contributed by atoms with Crippen LogP contribution in [-0.2, 0) is 6.54 Å². The highest BCUT2D eigenvalue weighted by Gasteiger charge is 2.13. The van der Waals surface area contributed by atoms with Crippen LogP contribution in [0.3, 0.4) is 0 Å². The number of methoxy groups -OCH3 is 1. The van der Waals surface area contributed by atoms with Gasteiger partial charge in [0.2, 0.25) is 0 Å². The maximum absolute atomic E-state index is 13.7. The molecule has 0 bridgehead atoms. The second-order valence-electron chi connectivity index (χ2n) is 5.23. The van der Waals surface area contributed by atoms with Crippen molar-refractivity contribution < 1.29 is 9.13 Å². The van der Waals surface area contributed by atoms with Gasteiger partial charge in [-0.15, -0.1) is 0 Å². The number of ether oxygens (including phenoxy) is 1. The maximum atomic E-state index is 13.7. The highest BCUT2D eigenvalue weighted by molar-refractivity contribution is 5.41. The first kappa shape index (κ1) is 15.3. The molecule has 0 saturated heterocycles. The molecular formula is C17H21FN2O. The molecule has 2 aromatic carbocycles. The predicted molar refractivity (Wildman–Crippen MR) is 83.7 cm³/mol. The molecule has 0 aliphatic rings. The molecule has 0 fully saturated rings. The van der Waals surface area contributed by atoms with E-state index in [1.54, 1.807) is 6.07 Å². The van der Waals surface area contributed by atoms with E-state index >= 15 is 0 Å². The smallest absolute Gasteiger partial charge is 0.165 e. The van der Waals surface area contributed by atoms with E-state index in [9.17, 15) is 4.39 Å². The fourth-order valence-electron chi connectivity index (χ4n) is 2.31. The minimum absolute atomic E-state index is 0.193. The number of hydrogen-bond acceptors (Lipinski definition) is 3. The van der Waals surface area contributed by atoms with Gasteiger partial charge in [0.25, 0.3) is 0 Å². The molecular weight excluding hydrogens is 267 g/mol. The number of rotatable bonds is 5. The molecule has 0 aliphatic carbocycles. The SMILES string of the molecule is COc1ccc(CN(C)C(C)c2cccc(N)c2)cc1F. The molecule has 2 N–H and O–H groups in total. The predicted octanol–water partition coefficient (Wildman–Crippen LogP) is 3.61. The molecule has 112 valence electrons. The van der Waals surface area contributed by atoms with Crippen LogP contribution in [0.1, 0.15) is 24.1 Å². The highest BCUT2D eigenvalue weighted by atomic mass is 19.1. The molecule has 2 aromatic rings. The van der Waals surface area contributed by atoms with Gasteiger partial charge in [0.1, 0.15) is 0 Å². The molecule has 0 spiro atoms. The second kappa shape index (κ2) is 6.59. The largest absolute Gasteiger partial charge is 0.494 e. The molecule has 1 atom stereocenters. The van der Waals surface area contributed by atoms with Crippen molar-refractivity contribution in [3.63, 3.8) is 0 Å². The van der Waals surface area contributed by atoms with E-state index in [0.717, 1.165) is 16.8 Å². The first-order valence-corrected chi connectivity index (χ1v) is 6.89. The lowest BCUT2D eigenvalue weighted by Gasteiger charge is -2.25. The summed E-state index contributed by atoms with van der Waals surface area (Å²) in [6, 6.07) is 13.1. The quantitative estimate of drug-likeness (QED) is 0.854. The van der Waals surface area contributed by atoms with Crippen LogP contribution in [0.5, 0.6) is 5.75 Å². The lowest BCUT2D eigenvalue weighted by atomic mass is 10.1. The van der Waals surface area contributed by atoms with Crippen molar-refractivity contribution in [2.45, 2.75) is 19.5 Å². The first-order valence-electron chi connectivity index (χ1n) is 6.89. The van der Waals surface area contributed by atoms with E-state index in [0.29, 0.717) is 6.54 Å². The molecule has 3 nitrogen and oxygen atoms in total. The summed E-state index contributed by atoms with van der Waals surface area (Å²) >= 11 is 0. The van der Waals surface area contributed by atoms with Crippen LogP contribution in [0.15, 0.2) is 42.5 Å². The van der Waals surface area contributed by atoms with Gasteiger partial charge < -0.3 is 10.5 Å². The van der Waals surface area contributed by atoms with E-state index in [1.807, 2.05) is 37.4 Å². The van der Waals surface area contributed by atoms with Crippen molar-refractivity contribution >= 4 is 5.69 Å². The minimum Gasteiger partial charge on any atom is -0.494 e. The van der Waals surface area contributed by atoms with E-state index in [2.05, 4.69) is 11.8 Å². The Labute approximate surface area is 125 Å². The number of halogens is 1. The monoisotopic (exact) mass is 288 g/mol. The molecule has 2 rings (SSSR count). The zero-order valence-electron chi connectivity index (χ0n) is 12.6. The van der Waals surface area contributed by atoms with Gasteiger partial charge in [0.05, 0.1) is 7.11 Å². The van der Waals surface area contributed by atoms with Crippen LogP contribution >= 0.6 is 0 Å². The molecule has 0 radical (unpaired) electrons. The topological polar surface area (TPSA) is 38.5 Å². The van der Waals surface area contributed by atoms with Crippen LogP contribution in [-0.4, -0.2) is 19.1 Å². The number of nitrogen functional groups attached to an aromatic ring is 1. The van der Waals surface area contributed by atoms with Gasteiger partial charge in [0, 0.05) is 18.3 Å². The number of anilines is 1. The van der Waals surface area contributed by atoms with Crippen molar-refractivity contribution in [1.82, 2.24) is 4.90 Å². The van der Waals surface area contributed by atoms with Gasteiger partial charge in [-0.3, -0.25) is 4.90 Å². The third-order valence-corrected chi connectivity index (χ3v) is 3.70. The minimum atomic E-state index is -0.333. The van der Waals surface area contributed by atoms with Crippen molar-refractivity contribution in [2.75, 3.05) is 19.9 Å². The number of nitrogens with two attached hydrogens (primary N) is 1. The Bertz CT molecular complexity index is 615. The molecule has 0 heterocycles. The van der Waals surface area contributed by atoms with Gasteiger partial charge in [-0.25, -0.2) is 4.39 Å². The molecule has 0 amide bonds. The first-order chi connectivity index (χ1) is 10.0. The Hall–Kier alpha value is -2.07. The Morgan fingerprint density at radius 2 is 2.00 bits per heavy atom. The number of hydrogen-bond donors (Lipinski definition) is 1. The Balaban J connectivity index is 2.10. The molecule has 0 saturated carbocycles. The number of nitrogens with zero attached hydrogens (tertiary/aromatic N) is 1. The summed E-state index contributed by atoms with van der Waals surface area (Å²) in [5, 5.41) is 0. The Morgan fingerprint density at radius 1 is 1.24 bits per heavy atom. The summed E-state index contributed by atoms with van der Waals surface area (Å²) in [6.07, 6.45) is 0. The van der Waals surface area contributed by atoms with Crippen LogP contribution in [0.4, 0.5) is 10.1 Å². The van der Waals surface area contributed by atoms with E-state index < -0.39 is 0 Å². The normalized spacial score (nSPS) is 12.4. The standard InChI is InChI=1S/C17H21FN2O/c1-12(14-5-4-6-15(19)10-14)20(2)11-13-7-8-17(21-3)16(18)9-13/h4-10,12H,11,19H2,1-3H3. The Kier molecular flexibility index (Phi) is 4.81. The van der Waals surface area contributed by atoms with Gasteiger partial charge in [-0.05, 0) is 49.4 Å². The van der Waals surface area contributed by atoms with E-state index in [4.69, 9.17) is 10.5 Å². The highest BCUT2D eigenvalue weighted by Crippen LogP contribution is 2.24. The summed E-state index contributed by atoms with van der Waals surface area (Å²) < 4.78 is 18.7. The average molecular weight is 288 g/mol. The lowest BCUT2D eigenvalue weighted by molar-refractivity contribution is 0.252. The van der Waals surface area contributed by atoms with Gasteiger partial charge in [-0.2, -0.15) is 0 Å². The summed E-state index contributed by atoms with van der Waals surface area (Å²) in [4.78, 5) is 2.15. The fourth-order valence-corrected chi connectivity index (χ4v) is 2.31. The van der Waals surface area contributed by atoms with Gasteiger partial charge >= 0.3 is 0 Å². The van der Waals surface area contributed by atoms with Gasteiger partial charge in [0.15, 0.2) is 11.6 Å². The summed E-state index contributed by atoms with van der Waals surface area (Å²) in [5.41, 5.74) is 8.63. The van der Waals surface area contributed by atoms with Crippen LogP contribution in [0.2, 0.25) is 0 Å². The molecule has 0 aromatic heterocycles. The van der Waals surface area contributed by atoms with Crippen LogP contribution < -0.4 is 10.5 Å². The lowest BCUT2D eigenvalue weighted by Crippen LogP contribution is -2.22.